The van der Waals surface area contributed by atoms with E-state index in [1.165, 1.54) is 13.3 Å². The molecule has 0 aromatic rings. The maximum absolute atomic E-state index is 11.3. The fourth-order valence-corrected chi connectivity index (χ4v) is 1.87. The average molecular weight is 214 g/mol. The summed E-state index contributed by atoms with van der Waals surface area (Å²) in [7, 11) is 0. The number of carbonyl (C=O) groups is 2. The Bertz CT molecular complexity index is 241. The summed E-state index contributed by atoms with van der Waals surface area (Å²) in [6, 6.07) is 0. The van der Waals surface area contributed by atoms with Gasteiger partial charge in [0.2, 0.25) is 0 Å². The quantitative estimate of drug-likeness (QED) is 0.672. The van der Waals surface area contributed by atoms with Gasteiger partial charge in [-0.1, -0.05) is 6.42 Å². The first-order chi connectivity index (χ1) is 7.02. The van der Waals surface area contributed by atoms with Crippen molar-refractivity contribution in [2.24, 2.45) is 0 Å². The molecule has 0 atom stereocenters. The first kappa shape index (κ1) is 12.0. The van der Waals surface area contributed by atoms with E-state index in [2.05, 4.69) is 4.74 Å². The molecule has 1 saturated carbocycles. The fraction of sp³-hybridized carbons (Fsp3) is 0.818. The Labute approximate surface area is 89.9 Å². The van der Waals surface area contributed by atoms with E-state index in [0.717, 1.165) is 25.7 Å². The van der Waals surface area contributed by atoms with Gasteiger partial charge >= 0.3 is 11.9 Å². The van der Waals surface area contributed by atoms with Gasteiger partial charge in [-0.05, 0) is 32.6 Å². The molecule has 4 nitrogen and oxygen atoms in total. The van der Waals surface area contributed by atoms with Crippen molar-refractivity contribution < 1.29 is 19.1 Å². The Morgan fingerprint density at radius 1 is 1.20 bits per heavy atom. The molecule has 1 rings (SSSR count). The van der Waals surface area contributed by atoms with Gasteiger partial charge in [0.15, 0.2) is 6.61 Å². The van der Waals surface area contributed by atoms with Crippen molar-refractivity contribution in [3.05, 3.63) is 0 Å². The first-order valence-corrected chi connectivity index (χ1v) is 5.37. The summed E-state index contributed by atoms with van der Waals surface area (Å²) in [6.45, 7) is 2.94. The lowest BCUT2D eigenvalue weighted by Gasteiger charge is -2.32. The van der Waals surface area contributed by atoms with Crippen LogP contribution in [0.15, 0.2) is 0 Å². The van der Waals surface area contributed by atoms with Crippen LogP contribution in [-0.4, -0.2) is 24.1 Å². The molecule has 0 aromatic carbocycles. The van der Waals surface area contributed by atoms with Crippen molar-refractivity contribution in [1.29, 1.82) is 0 Å². The highest BCUT2D eigenvalue weighted by Crippen LogP contribution is 2.30. The third-order valence-corrected chi connectivity index (χ3v) is 2.66. The maximum atomic E-state index is 11.3. The predicted octanol–water partition coefficient (Wildman–Crippen LogP) is 1.82. The summed E-state index contributed by atoms with van der Waals surface area (Å²) in [5.41, 5.74) is -0.352. The molecule has 0 aromatic heterocycles. The minimum atomic E-state index is -0.458. The third kappa shape index (κ3) is 4.32. The lowest BCUT2D eigenvalue weighted by Crippen LogP contribution is -2.35. The van der Waals surface area contributed by atoms with Crippen LogP contribution in [0.1, 0.15) is 46.0 Å². The molecule has 15 heavy (non-hydrogen) atoms. The van der Waals surface area contributed by atoms with E-state index < -0.39 is 11.9 Å². The maximum Gasteiger partial charge on any atom is 0.344 e. The second-order valence-electron chi connectivity index (χ2n) is 4.26. The smallest absolute Gasteiger partial charge is 0.344 e. The average Bonchev–Trinajstić information content (AvgIpc) is 2.15. The van der Waals surface area contributed by atoms with Gasteiger partial charge in [-0.3, -0.25) is 4.79 Å². The zero-order chi connectivity index (χ0) is 11.3. The number of esters is 2. The second kappa shape index (κ2) is 5.14. The molecule has 1 aliphatic carbocycles. The zero-order valence-electron chi connectivity index (χ0n) is 9.38. The highest BCUT2D eigenvalue weighted by atomic mass is 16.6. The summed E-state index contributed by atoms with van der Waals surface area (Å²) in [6.07, 6.45) is 5.20. The molecular weight excluding hydrogens is 196 g/mol. The molecule has 86 valence electrons. The Balaban J connectivity index is 2.32. The Morgan fingerprint density at radius 3 is 2.33 bits per heavy atom. The minimum Gasteiger partial charge on any atom is -0.457 e. The van der Waals surface area contributed by atoms with Crippen molar-refractivity contribution in [3.63, 3.8) is 0 Å². The van der Waals surface area contributed by atoms with Gasteiger partial charge in [0, 0.05) is 6.92 Å². The Morgan fingerprint density at radius 2 is 1.80 bits per heavy atom. The van der Waals surface area contributed by atoms with Crippen LogP contribution in [0.4, 0.5) is 0 Å². The number of ether oxygens (including phenoxy) is 2. The van der Waals surface area contributed by atoms with Crippen molar-refractivity contribution in [2.45, 2.75) is 51.6 Å². The predicted molar refractivity (Wildman–Crippen MR) is 54.2 cm³/mol. The molecule has 0 unspecified atom stereocenters. The van der Waals surface area contributed by atoms with Crippen molar-refractivity contribution in [2.75, 3.05) is 6.61 Å². The summed E-state index contributed by atoms with van der Waals surface area (Å²) in [5, 5.41) is 0. The van der Waals surface area contributed by atoms with Gasteiger partial charge in [-0.25, -0.2) is 4.79 Å². The number of hydrogen-bond acceptors (Lipinski definition) is 4. The van der Waals surface area contributed by atoms with E-state index >= 15 is 0 Å². The Kier molecular flexibility index (Phi) is 4.12. The summed E-state index contributed by atoms with van der Waals surface area (Å²) in [4.78, 5) is 21.8. The molecule has 0 heterocycles. The monoisotopic (exact) mass is 214 g/mol. The van der Waals surface area contributed by atoms with Crippen LogP contribution in [0.5, 0.6) is 0 Å². The highest BCUT2D eigenvalue weighted by molar-refractivity contribution is 5.75. The minimum absolute atomic E-state index is 0.273. The summed E-state index contributed by atoms with van der Waals surface area (Å²) >= 11 is 0. The SMILES string of the molecule is CC(=O)OCC(=O)OC1(C)CCCCC1. The summed E-state index contributed by atoms with van der Waals surface area (Å²) < 4.78 is 9.89. The van der Waals surface area contributed by atoms with Crippen LogP contribution in [0.25, 0.3) is 0 Å². The number of hydrogen-bond donors (Lipinski definition) is 0. The van der Waals surface area contributed by atoms with E-state index in [0.29, 0.717) is 0 Å². The number of rotatable bonds is 3. The number of carbonyl (C=O) groups excluding carboxylic acids is 2. The van der Waals surface area contributed by atoms with Gasteiger partial charge in [-0.2, -0.15) is 0 Å². The van der Waals surface area contributed by atoms with E-state index in [4.69, 9.17) is 4.74 Å². The molecule has 0 saturated heterocycles. The fourth-order valence-electron chi connectivity index (χ4n) is 1.87. The molecule has 0 amide bonds. The molecule has 0 bridgehead atoms. The van der Waals surface area contributed by atoms with Gasteiger partial charge in [0.1, 0.15) is 5.60 Å². The molecule has 4 heteroatoms. The molecular formula is C11H18O4. The largest absolute Gasteiger partial charge is 0.457 e. The van der Waals surface area contributed by atoms with E-state index in [-0.39, 0.29) is 12.2 Å². The molecule has 1 fully saturated rings. The van der Waals surface area contributed by atoms with Crippen LogP contribution in [0.2, 0.25) is 0 Å². The van der Waals surface area contributed by atoms with Crippen LogP contribution in [0.3, 0.4) is 0 Å². The molecule has 0 aliphatic heterocycles. The summed E-state index contributed by atoms with van der Waals surface area (Å²) in [5.74, 6) is -0.907. The van der Waals surface area contributed by atoms with Crippen molar-refractivity contribution in [1.82, 2.24) is 0 Å². The lowest BCUT2D eigenvalue weighted by molar-refractivity contribution is -0.170. The lowest BCUT2D eigenvalue weighted by atomic mass is 9.86. The van der Waals surface area contributed by atoms with Crippen molar-refractivity contribution >= 4 is 11.9 Å². The standard InChI is InChI=1S/C11H18O4/c1-9(12)14-8-10(13)15-11(2)6-4-3-5-7-11/h3-8H2,1-2H3. The van der Waals surface area contributed by atoms with Gasteiger partial charge in [0.25, 0.3) is 0 Å². The van der Waals surface area contributed by atoms with Gasteiger partial charge in [-0.15, -0.1) is 0 Å². The van der Waals surface area contributed by atoms with Crippen molar-refractivity contribution in [3.8, 4) is 0 Å². The first-order valence-electron chi connectivity index (χ1n) is 5.37. The molecule has 0 radical (unpaired) electrons. The Hall–Kier alpha value is -1.06. The van der Waals surface area contributed by atoms with E-state index in [1.807, 2.05) is 6.92 Å². The second-order valence-corrected chi connectivity index (χ2v) is 4.26. The molecule has 0 spiro atoms. The zero-order valence-corrected chi connectivity index (χ0v) is 9.38. The van der Waals surface area contributed by atoms with Crippen LogP contribution < -0.4 is 0 Å². The van der Waals surface area contributed by atoms with Crippen LogP contribution >= 0.6 is 0 Å². The molecule has 1 aliphatic rings. The van der Waals surface area contributed by atoms with Gasteiger partial charge < -0.3 is 9.47 Å². The van der Waals surface area contributed by atoms with E-state index in [9.17, 15) is 9.59 Å². The normalized spacial score (nSPS) is 19.3. The van der Waals surface area contributed by atoms with Crippen LogP contribution in [0, 0.1) is 0 Å². The molecule has 0 N–H and O–H groups in total. The van der Waals surface area contributed by atoms with E-state index in [1.54, 1.807) is 0 Å². The topological polar surface area (TPSA) is 52.6 Å². The third-order valence-electron chi connectivity index (χ3n) is 2.66. The van der Waals surface area contributed by atoms with Gasteiger partial charge in [0.05, 0.1) is 0 Å². The van der Waals surface area contributed by atoms with Crippen LogP contribution in [-0.2, 0) is 19.1 Å². The highest BCUT2D eigenvalue weighted by Gasteiger charge is 2.30.